The molecule has 0 radical (unpaired) electrons. The van der Waals surface area contributed by atoms with Crippen LogP contribution in [0, 0.1) is 5.92 Å². The highest BCUT2D eigenvalue weighted by molar-refractivity contribution is 5.65. The summed E-state index contributed by atoms with van der Waals surface area (Å²) >= 11 is 0. The Bertz CT molecular complexity index is 262. The number of hydrogen-bond donors (Lipinski definition) is 1. The highest BCUT2D eigenvalue weighted by atomic mass is 16.6. The molecule has 0 aromatic heterocycles. The number of nitrogens with two attached hydrogens (primary N) is 1. The van der Waals surface area contributed by atoms with Crippen LogP contribution in [0.5, 0.6) is 0 Å². The second kappa shape index (κ2) is 6.98. The van der Waals surface area contributed by atoms with Crippen LogP contribution in [-0.4, -0.2) is 23.9 Å². The highest BCUT2D eigenvalue weighted by Crippen LogP contribution is 2.25. The molecule has 0 bridgehead atoms. The molecule has 0 aromatic rings. The molecule has 0 aliphatic rings. The fraction of sp³-hybridized carbons (Fsp3) is 0.929. The first-order valence-corrected chi connectivity index (χ1v) is 6.73. The van der Waals surface area contributed by atoms with E-state index in [1.807, 2.05) is 20.8 Å². The third kappa shape index (κ3) is 6.84. The summed E-state index contributed by atoms with van der Waals surface area (Å²) in [6.45, 7) is 12.6. The van der Waals surface area contributed by atoms with Crippen LogP contribution in [0.25, 0.3) is 0 Å². The first-order valence-electron chi connectivity index (χ1n) is 6.73. The van der Waals surface area contributed by atoms with Crippen LogP contribution in [0.3, 0.4) is 0 Å². The molecule has 1 unspecified atom stereocenters. The molecule has 1 atom stereocenters. The maximum atomic E-state index is 10.8. The summed E-state index contributed by atoms with van der Waals surface area (Å²) in [6.07, 6.45) is 2.62. The lowest BCUT2D eigenvalue weighted by Crippen LogP contribution is -2.41. The summed E-state index contributed by atoms with van der Waals surface area (Å²) in [4.78, 5) is 10.8. The first kappa shape index (κ1) is 17.2. The Hall–Kier alpha value is -0.770. The van der Waals surface area contributed by atoms with Crippen molar-refractivity contribution in [1.29, 1.82) is 0 Å². The van der Waals surface area contributed by atoms with Crippen molar-refractivity contribution in [3.05, 3.63) is 0 Å². The standard InChI is InChI=1S/C14H29NO3/c1-7-8-9-13(3,4)17-10-11(2)14(5,6)18-12(15)16/h11H,7-10H2,1-6H3,(H2,15,16). The maximum Gasteiger partial charge on any atom is 0.405 e. The van der Waals surface area contributed by atoms with Crippen molar-refractivity contribution in [2.75, 3.05) is 6.61 Å². The van der Waals surface area contributed by atoms with Crippen molar-refractivity contribution >= 4 is 6.09 Å². The number of amides is 1. The molecule has 0 aliphatic heterocycles. The van der Waals surface area contributed by atoms with Gasteiger partial charge >= 0.3 is 6.09 Å². The molecule has 18 heavy (non-hydrogen) atoms. The molecule has 2 N–H and O–H groups in total. The maximum absolute atomic E-state index is 10.8. The second-order valence-electron chi connectivity index (χ2n) is 6.10. The van der Waals surface area contributed by atoms with Crippen molar-refractivity contribution in [2.45, 2.75) is 72.0 Å². The van der Waals surface area contributed by atoms with Gasteiger partial charge in [0.1, 0.15) is 5.60 Å². The van der Waals surface area contributed by atoms with E-state index in [2.05, 4.69) is 20.8 Å². The van der Waals surface area contributed by atoms with Gasteiger partial charge in [0.2, 0.25) is 0 Å². The molecule has 0 aromatic carbocycles. The summed E-state index contributed by atoms with van der Waals surface area (Å²) in [5, 5.41) is 0. The van der Waals surface area contributed by atoms with Gasteiger partial charge in [0, 0.05) is 5.92 Å². The third-order valence-electron chi connectivity index (χ3n) is 3.41. The molecule has 4 nitrogen and oxygen atoms in total. The zero-order valence-electron chi connectivity index (χ0n) is 12.7. The Labute approximate surface area is 111 Å². The van der Waals surface area contributed by atoms with Crippen molar-refractivity contribution in [1.82, 2.24) is 0 Å². The van der Waals surface area contributed by atoms with Gasteiger partial charge in [0.25, 0.3) is 0 Å². The van der Waals surface area contributed by atoms with E-state index in [-0.39, 0.29) is 11.5 Å². The topological polar surface area (TPSA) is 61.6 Å². The second-order valence-corrected chi connectivity index (χ2v) is 6.10. The number of primary amides is 1. The van der Waals surface area contributed by atoms with E-state index in [1.165, 1.54) is 6.42 Å². The van der Waals surface area contributed by atoms with E-state index in [0.29, 0.717) is 6.61 Å². The van der Waals surface area contributed by atoms with Crippen molar-refractivity contribution in [3.63, 3.8) is 0 Å². The summed E-state index contributed by atoms with van der Waals surface area (Å²) in [7, 11) is 0. The van der Waals surface area contributed by atoms with Crippen molar-refractivity contribution < 1.29 is 14.3 Å². The normalized spacial score (nSPS) is 14.3. The van der Waals surface area contributed by atoms with Gasteiger partial charge in [-0.25, -0.2) is 4.79 Å². The lowest BCUT2D eigenvalue weighted by Gasteiger charge is -2.34. The Morgan fingerprint density at radius 1 is 1.28 bits per heavy atom. The zero-order valence-corrected chi connectivity index (χ0v) is 12.7. The lowest BCUT2D eigenvalue weighted by molar-refractivity contribution is -0.0823. The molecule has 0 spiro atoms. The van der Waals surface area contributed by atoms with Crippen LogP contribution >= 0.6 is 0 Å². The predicted octanol–water partition coefficient (Wildman–Crippen LogP) is 3.48. The molecule has 0 saturated heterocycles. The molecule has 0 fully saturated rings. The van der Waals surface area contributed by atoms with Gasteiger partial charge in [0.15, 0.2) is 0 Å². The Morgan fingerprint density at radius 2 is 1.83 bits per heavy atom. The number of hydrogen-bond acceptors (Lipinski definition) is 3. The summed E-state index contributed by atoms with van der Waals surface area (Å²) in [5.41, 5.74) is 4.33. The quantitative estimate of drug-likeness (QED) is 0.726. The average molecular weight is 259 g/mol. The Morgan fingerprint density at radius 3 is 2.28 bits per heavy atom. The van der Waals surface area contributed by atoms with Gasteiger partial charge in [-0.15, -0.1) is 0 Å². The largest absolute Gasteiger partial charge is 0.443 e. The smallest absolute Gasteiger partial charge is 0.405 e. The van der Waals surface area contributed by atoms with E-state index in [4.69, 9.17) is 15.2 Å². The van der Waals surface area contributed by atoms with Crippen LogP contribution in [0.15, 0.2) is 0 Å². The van der Waals surface area contributed by atoms with Crippen LogP contribution in [0.4, 0.5) is 4.79 Å². The summed E-state index contributed by atoms with van der Waals surface area (Å²) < 4.78 is 11.0. The van der Waals surface area contributed by atoms with Crippen molar-refractivity contribution in [3.8, 4) is 0 Å². The predicted molar refractivity (Wildman–Crippen MR) is 73.5 cm³/mol. The zero-order chi connectivity index (χ0) is 14.4. The molecule has 108 valence electrons. The third-order valence-corrected chi connectivity index (χ3v) is 3.41. The average Bonchev–Trinajstić information content (AvgIpc) is 2.21. The van der Waals surface area contributed by atoms with E-state index >= 15 is 0 Å². The van der Waals surface area contributed by atoms with Crippen molar-refractivity contribution in [2.24, 2.45) is 11.7 Å². The van der Waals surface area contributed by atoms with Crippen LogP contribution in [-0.2, 0) is 9.47 Å². The molecule has 1 amide bonds. The molecule has 0 heterocycles. The lowest BCUT2D eigenvalue weighted by atomic mass is 9.93. The van der Waals surface area contributed by atoms with E-state index in [1.54, 1.807) is 0 Å². The van der Waals surface area contributed by atoms with E-state index < -0.39 is 11.7 Å². The van der Waals surface area contributed by atoms with Gasteiger partial charge in [0.05, 0.1) is 12.2 Å². The minimum Gasteiger partial charge on any atom is -0.443 e. The molecule has 4 heteroatoms. The first-order chi connectivity index (χ1) is 8.10. The van der Waals surface area contributed by atoms with Crippen LogP contribution in [0.1, 0.15) is 60.8 Å². The fourth-order valence-corrected chi connectivity index (χ4v) is 1.59. The molecule has 0 saturated carbocycles. The highest BCUT2D eigenvalue weighted by Gasteiger charge is 2.31. The van der Waals surface area contributed by atoms with Gasteiger partial charge in [-0.3, -0.25) is 0 Å². The minimum atomic E-state index is -0.739. The van der Waals surface area contributed by atoms with Gasteiger partial charge < -0.3 is 15.2 Å². The van der Waals surface area contributed by atoms with Gasteiger partial charge in [-0.05, 0) is 34.1 Å². The summed E-state index contributed by atoms with van der Waals surface area (Å²) in [5.74, 6) is 0.0888. The number of carbonyl (C=O) groups is 1. The monoisotopic (exact) mass is 259 g/mol. The van der Waals surface area contributed by atoms with E-state index in [9.17, 15) is 4.79 Å². The molecule has 0 rings (SSSR count). The Kier molecular flexibility index (Phi) is 6.68. The SMILES string of the molecule is CCCCC(C)(C)OCC(C)C(C)(C)OC(N)=O. The Balaban J connectivity index is 4.23. The number of ether oxygens (including phenoxy) is 2. The van der Waals surface area contributed by atoms with Crippen LogP contribution < -0.4 is 5.73 Å². The van der Waals surface area contributed by atoms with Crippen LogP contribution in [0.2, 0.25) is 0 Å². The minimum absolute atomic E-state index is 0.0888. The number of unbranched alkanes of at least 4 members (excludes halogenated alkanes) is 1. The van der Waals surface area contributed by atoms with Gasteiger partial charge in [-0.2, -0.15) is 0 Å². The number of carbonyl (C=O) groups excluding carboxylic acids is 1. The number of rotatable bonds is 8. The summed E-state index contributed by atoms with van der Waals surface area (Å²) in [6, 6.07) is 0. The molecular formula is C14H29NO3. The molecular weight excluding hydrogens is 230 g/mol. The van der Waals surface area contributed by atoms with E-state index in [0.717, 1.165) is 12.8 Å². The van der Waals surface area contributed by atoms with Gasteiger partial charge in [-0.1, -0.05) is 26.7 Å². The fourth-order valence-electron chi connectivity index (χ4n) is 1.59. The molecule has 0 aliphatic carbocycles.